The van der Waals surface area contributed by atoms with Crippen LogP contribution in [0, 0.1) is 0 Å². The Labute approximate surface area is 104 Å². The number of nitrogens with zero attached hydrogens (tertiary/aromatic N) is 3. The van der Waals surface area contributed by atoms with Crippen molar-refractivity contribution in [3.63, 3.8) is 0 Å². The summed E-state index contributed by atoms with van der Waals surface area (Å²) in [6.07, 6.45) is 3.36. The molecule has 6 nitrogen and oxygen atoms in total. The van der Waals surface area contributed by atoms with Gasteiger partial charge in [0.1, 0.15) is 0 Å². The standard InChI is InChI=1S/C10H14ClN3O3/c1-13(4-3-10(16)17)9(15)2-5-14-7-8(11)6-12-14/h6-7H,2-5H2,1H3,(H,16,17). The Hall–Kier alpha value is -1.56. The lowest BCUT2D eigenvalue weighted by Gasteiger charge is -2.15. The lowest BCUT2D eigenvalue weighted by atomic mass is 10.3. The monoisotopic (exact) mass is 259 g/mol. The lowest BCUT2D eigenvalue weighted by Crippen LogP contribution is -2.29. The smallest absolute Gasteiger partial charge is 0.305 e. The van der Waals surface area contributed by atoms with Crippen molar-refractivity contribution in [3.8, 4) is 0 Å². The fraction of sp³-hybridized carbons (Fsp3) is 0.500. The second kappa shape index (κ2) is 6.24. The van der Waals surface area contributed by atoms with Crippen molar-refractivity contribution in [1.82, 2.24) is 14.7 Å². The average Bonchev–Trinajstić information content (AvgIpc) is 2.68. The summed E-state index contributed by atoms with van der Waals surface area (Å²) in [5.41, 5.74) is 0. The van der Waals surface area contributed by atoms with Gasteiger partial charge in [0.25, 0.3) is 0 Å². The maximum Gasteiger partial charge on any atom is 0.305 e. The van der Waals surface area contributed by atoms with Gasteiger partial charge in [-0.3, -0.25) is 14.3 Å². The summed E-state index contributed by atoms with van der Waals surface area (Å²) in [7, 11) is 1.58. The maximum absolute atomic E-state index is 11.6. The van der Waals surface area contributed by atoms with Crippen LogP contribution in [0.3, 0.4) is 0 Å². The first-order chi connectivity index (χ1) is 7.99. The summed E-state index contributed by atoms with van der Waals surface area (Å²) in [5.74, 6) is -1.03. The van der Waals surface area contributed by atoms with Gasteiger partial charge in [0.2, 0.25) is 5.91 Å². The summed E-state index contributed by atoms with van der Waals surface area (Å²) in [4.78, 5) is 23.3. The van der Waals surface area contributed by atoms with Crippen molar-refractivity contribution in [2.45, 2.75) is 19.4 Å². The van der Waals surface area contributed by atoms with Gasteiger partial charge in [-0.05, 0) is 0 Å². The molecule has 1 amide bonds. The van der Waals surface area contributed by atoms with Crippen LogP contribution in [-0.2, 0) is 16.1 Å². The third-order valence-corrected chi connectivity index (χ3v) is 2.44. The lowest BCUT2D eigenvalue weighted by molar-refractivity contribution is -0.138. The van der Waals surface area contributed by atoms with Gasteiger partial charge in [0.05, 0.1) is 17.6 Å². The fourth-order valence-corrected chi connectivity index (χ4v) is 1.41. The Bertz CT molecular complexity index is 405. The van der Waals surface area contributed by atoms with E-state index in [9.17, 15) is 9.59 Å². The molecule has 1 rings (SSSR count). The maximum atomic E-state index is 11.6. The van der Waals surface area contributed by atoms with Crippen LogP contribution in [0.2, 0.25) is 5.02 Å². The van der Waals surface area contributed by atoms with Crippen molar-refractivity contribution in [2.75, 3.05) is 13.6 Å². The van der Waals surface area contributed by atoms with Crippen molar-refractivity contribution in [3.05, 3.63) is 17.4 Å². The average molecular weight is 260 g/mol. The molecule has 1 N–H and O–H groups in total. The van der Waals surface area contributed by atoms with Crippen LogP contribution in [0.5, 0.6) is 0 Å². The zero-order chi connectivity index (χ0) is 12.8. The summed E-state index contributed by atoms with van der Waals surface area (Å²) < 4.78 is 1.57. The number of aryl methyl sites for hydroxylation is 1. The minimum Gasteiger partial charge on any atom is -0.481 e. The number of carboxylic acids is 1. The molecule has 0 aromatic carbocycles. The van der Waals surface area contributed by atoms with Crippen LogP contribution < -0.4 is 0 Å². The number of amides is 1. The van der Waals surface area contributed by atoms with E-state index in [1.807, 2.05) is 0 Å². The predicted octanol–water partition coefficient (Wildman–Crippen LogP) is 0.860. The Morgan fingerprint density at radius 1 is 1.53 bits per heavy atom. The number of carbonyl (C=O) groups excluding carboxylic acids is 1. The molecule has 94 valence electrons. The third-order valence-electron chi connectivity index (χ3n) is 2.24. The van der Waals surface area contributed by atoms with E-state index in [2.05, 4.69) is 5.10 Å². The number of hydrogen-bond acceptors (Lipinski definition) is 3. The van der Waals surface area contributed by atoms with E-state index in [4.69, 9.17) is 16.7 Å². The number of carbonyl (C=O) groups is 2. The van der Waals surface area contributed by atoms with E-state index in [0.29, 0.717) is 11.6 Å². The van der Waals surface area contributed by atoms with Gasteiger partial charge in [-0.15, -0.1) is 0 Å². The molecule has 0 atom stereocenters. The first-order valence-electron chi connectivity index (χ1n) is 5.12. The highest BCUT2D eigenvalue weighted by atomic mass is 35.5. The van der Waals surface area contributed by atoms with E-state index >= 15 is 0 Å². The number of carboxylic acid groups (broad SMARTS) is 1. The van der Waals surface area contributed by atoms with Gasteiger partial charge in [0.15, 0.2) is 0 Å². The molecule has 0 bridgehead atoms. The highest BCUT2D eigenvalue weighted by Crippen LogP contribution is 2.05. The molecule has 0 aliphatic rings. The number of hydrogen-bond donors (Lipinski definition) is 1. The molecule has 0 saturated heterocycles. The Morgan fingerprint density at radius 2 is 2.24 bits per heavy atom. The molecule has 0 saturated carbocycles. The van der Waals surface area contributed by atoms with E-state index < -0.39 is 5.97 Å². The van der Waals surface area contributed by atoms with Crippen LogP contribution in [-0.4, -0.2) is 45.3 Å². The van der Waals surface area contributed by atoms with Gasteiger partial charge < -0.3 is 10.0 Å². The van der Waals surface area contributed by atoms with Crippen molar-refractivity contribution in [1.29, 1.82) is 0 Å². The molecule has 0 aliphatic heterocycles. The molecule has 0 spiro atoms. The van der Waals surface area contributed by atoms with Crippen LogP contribution in [0.1, 0.15) is 12.8 Å². The van der Waals surface area contributed by atoms with Crippen molar-refractivity contribution in [2.24, 2.45) is 0 Å². The summed E-state index contributed by atoms with van der Waals surface area (Å²) >= 11 is 5.68. The second-order valence-electron chi connectivity index (χ2n) is 3.63. The van der Waals surface area contributed by atoms with Crippen LogP contribution in [0.15, 0.2) is 12.4 Å². The normalized spacial score (nSPS) is 10.2. The topological polar surface area (TPSA) is 75.4 Å². The fourth-order valence-electron chi connectivity index (χ4n) is 1.25. The molecule has 0 unspecified atom stereocenters. The molecule has 0 fully saturated rings. The quantitative estimate of drug-likeness (QED) is 0.822. The minimum absolute atomic E-state index is 0.0458. The van der Waals surface area contributed by atoms with Gasteiger partial charge in [-0.2, -0.15) is 5.10 Å². The molecule has 0 radical (unpaired) electrons. The van der Waals surface area contributed by atoms with Gasteiger partial charge >= 0.3 is 5.97 Å². The van der Waals surface area contributed by atoms with E-state index in [0.717, 1.165) is 0 Å². The molecule has 1 aromatic heterocycles. The van der Waals surface area contributed by atoms with Gasteiger partial charge in [0, 0.05) is 32.8 Å². The largest absolute Gasteiger partial charge is 0.481 e. The van der Waals surface area contributed by atoms with Gasteiger partial charge in [-0.1, -0.05) is 11.6 Å². The Balaban J connectivity index is 2.31. The zero-order valence-corrected chi connectivity index (χ0v) is 10.2. The molecular weight excluding hydrogens is 246 g/mol. The summed E-state index contributed by atoms with van der Waals surface area (Å²) in [6, 6.07) is 0. The van der Waals surface area contributed by atoms with E-state index in [1.54, 1.807) is 17.9 Å². The van der Waals surface area contributed by atoms with Crippen molar-refractivity contribution < 1.29 is 14.7 Å². The highest BCUT2D eigenvalue weighted by molar-refractivity contribution is 6.30. The van der Waals surface area contributed by atoms with Gasteiger partial charge in [-0.25, -0.2) is 0 Å². The molecule has 0 aliphatic carbocycles. The number of aromatic nitrogens is 2. The first kappa shape index (κ1) is 13.5. The van der Waals surface area contributed by atoms with Crippen LogP contribution in [0.4, 0.5) is 0 Å². The number of rotatable bonds is 6. The Morgan fingerprint density at radius 3 is 2.76 bits per heavy atom. The zero-order valence-electron chi connectivity index (χ0n) is 9.47. The first-order valence-corrected chi connectivity index (χ1v) is 5.50. The summed E-state index contributed by atoms with van der Waals surface area (Å²) in [5, 5.41) is 13.0. The van der Waals surface area contributed by atoms with Crippen LogP contribution >= 0.6 is 11.6 Å². The third kappa shape index (κ3) is 4.86. The molecular formula is C10H14ClN3O3. The van der Waals surface area contributed by atoms with Crippen LogP contribution in [0.25, 0.3) is 0 Å². The van der Waals surface area contributed by atoms with Crippen molar-refractivity contribution >= 4 is 23.5 Å². The summed E-state index contributed by atoms with van der Waals surface area (Å²) in [6.45, 7) is 0.650. The molecule has 7 heteroatoms. The van der Waals surface area contributed by atoms with E-state index in [1.165, 1.54) is 11.1 Å². The molecule has 1 heterocycles. The number of halogens is 1. The molecule has 1 aromatic rings. The predicted molar refractivity (Wildman–Crippen MR) is 61.7 cm³/mol. The molecule has 17 heavy (non-hydrogen) atoms. The SMILES string of the molecule is CN(CCC(=O)O)C(=O)CCn1cc(Cl)cn1. The Kier molecular flexibility index (Phi) is 4.96. The second-order valence-corrected chi connectivity index (χ2v) is 4.07. The van der Waals surface area contributed by atoms with E-state index in [-0.39, 0.29) is 25.3 Å². The number of aliphatic carboxylic acids is 1. The highest BCUT2D eigenvalue weighted by Gasteiger charge is 2.10. The minimum atomic E-state index is -0.913.